The van der Waals surface area contributed by atoms with Crippen molar-refractivity contribution in [1.29, 1.82) is 0 Å². The zero-order chi connectivity index (χ0) is 11.5. The first-order chi connectivity index (χ1) is 7.65. The lowest BCUT2D eigenvalue weighted by Crippen LogP contribution is -2.01. The van der Waals surface area contributed by atoms with Crippen LogP contribution in [0.4, 0.5) is 17.3 Å². The van der Waals surface area contributed by atoms with E-state index in [2.05, 4.69) is 15.3 Å². The number of anilines is 3. The SMILES string of the molecule is Cc1nc(N)cc(Nc2ccccc2C)n1. The summed E-state index contributed by atoms with van der Waals surface area (Å²) < 4.78 is 0. The molecular weight excluding hydrogens is 200 g/mol. The molecule has 1 aromatic carbocycles. The van der Waals surface area contributed by atoms with Gasteiger partial charge in [0.15, 0.2) is 0 Å². The van der Waals surface area contributed by atoms with Crippen LogP contribution >= 0.6 is 0 Å². The van der Waals surface area contributed by atoms with Gasteiger partial charge in [0.1, 0.15) is 17.5 Å². The number of aryl methyl sites for hydroxylation is 2. The van der Waals surface area contributed by atoms with Gasteiger partial charge in [-0.1, -0.05) is 18.2 Å². The average molecular weight is 214 g/mol. The smallest absolute Gasteiger partial charge is 0.136 e. The molecule has 0 unspecified atom stereocenters. The van der Waals surface area contributed by atoms with E-state index in [0.717, 1.165) is 17.1 Å². The molecule has 0 spiro atoms. The molecule has 2 rings (SSSR count). The Balaban J connectivity index is 2.30. The molecule has 0 fully saturated rings. The van der Waals surface area contributed by atoms with Crippen LogP contribution in [0.25, 0.3) is 0 Å². The Morgan fingerprint density at radius 1 is 1.12 bits per heavy atom. The molecule has 0 atom stereocenters. The fourth-order valence-electron chi connectivity index (χ4n) is 1.51. The maximum absolute atomic E-state index is 5.66. The van der Waals surface area contributed by atoms with Crippen molar-refractivity contribution in [3.8, 4) is 0 Å². The summed E-state index contributed by atoms with van der Waals surface area (Å²) in [6.45, 7) is 3.86. The zero-order valence-electron chi connectivity index (χ0n) is 9.36. The molecule has 1 heterocycles. The number of hydrogen-bond donors (Lipinski definition) is 2. The van der Waals surface area contributed by atoms with Crippen LogP contribution in [0.1, 0.15) is 11.4 Å². The first-order valence-electron chi connectivity index (χ1n) is 5.09. The van der Waals surface area contributed by atoms with Crippen molar-refractivity contribution in [3.05, 3.63) is 41.7 Å². The summed E-state index contributed by atoms with van der Waals surface area (Å²) in [5, 5.41) is 3.22. The van der Waals surface area contributed by atoms with E-state index in [1.54, 1.807) is 6.07 Å². The van der Waals surface area contributed by atoms with Crippen LogP contribution in [0.15, 0.2) is 30.3 Å². The second-order valence-electron chi connectivity index (χ2n) is 3.67. The number of aromatic nitrogens is 2. The molecule has 0 aliphatic carbocycles. The van der Waals surface area contributed by atoms with Gasteiger partial charge < -0.3 is 11.1 Å². The standard InChI is InChI=1S/C12H14N4/c1-8-5-3-4-6-10(8)16-12-7-11(13)14-9(2)15-12/h3-7H,1-2H3,(H3,13,14,15,16). The van der Waals surface area contributed by atoms with E-state index in [1.165, 1.54) is 0 Å². The summed E-state index contributed by atoms with van der Waals surface area (Å²) in [4.78, 5) is 8.29. The third kappa shape index (κ3) is 2.28. The minimum Gasteiger partial charge on any atom is -0.384 e. The topological polar surface area (TPSA) is 63.8 Å². The van der Waals surface area contributed by atoms with E-state index in [9.17, 15) is 0 Å². The van der Waals surface area contributed by atoms with Crippen LogP contribution in [0.5, 0.6) is 0 Å². The van der Waals surface area contributed by atoms with Gasteiger partial charge in [0.2, 0.25) is 0 Å². The number of hydrogen-bond acceptors (Lipinski definition) is 4. The van der Waals surface area contributed by atoms with E-state index >= 15 is 0 Å². The van der Waals surface area contributed by atoms with Crippen molar-refractivity contribution in [2.75, 3.05) is 11.1 Å². The van der Waals surface area contributed by atoms with E-state index < -0.39 is 0 Å². The van der Waals surface area contributed by atoms with Crippen molar-refractivity contribution in [2.24, 2.45) is 0 Å². The maximum atomic E-state index is 5.66. The molecule has 4 nitrogen and oxygen atoms in total. The highest BCUT2D eigenvalue weighted by Gasteiger charge is 2.01. The van der Waals surface area contributed by atoms with Crippen LogP contribution in [0.2, 0.25) is 0 Å². The molecule has 0 bridgehead atoms. The second-order valence-corrected chi connectivity index (χ2v) is 3.67. The lowest BCUT2D eigenvalue weighted by atomic mass is 10.2. The Kier molecular flexibility index (Phi) is 2.72. The van der Waals surface area contributed by atoms with E-state index in [4.69, 9.17) is 5.73 Å². The molecule has 1 aromatic heterocycles. The Labute approximate surface area is 94.5 Å². The van der Waals surface area contributed by atoms with Crippen molar-refractivity contribution >= 4 is 17.3 Å². The minimum absolute atomic E-state index is 0.476. The van der Waals surface area contributed by atoms with Crippen molar-refractivity contribution in [3.63, 3.8) is 0 Å². The summed E-state index contributed by atoms with van der Waals surface area (Å²) in [7, 11) is 0. The van der Waals surface area contributed by atoms with E-state index in [-0.39, 0.29) is 0 Å². The minimum atomic E-state index is 0.476. The van der Waals surface area contributed by atoms with Gasteiger partial charge in [0.05, 0.1) is 0 Å². The molecule has 0 amide bonds. The summed E-state index contributed by atoms with van der Waals surface area (Å²) in [5.41, 5.74) is 7.85. The average Bonchev–Trinajstić information content (AvgIpc) is 2.20. The Morgan fingerprint density at radius 2 is 1.88 bits per heavy atom. The van der Waals surface area contributed by atoms with E-state index in [0.29, 0.717) is 11.6 Å². The number of nitrogen functional groups attached to an aromatic ring is 1. The monoisotopic (exact) mass is 214 g/mol. The Morgan fingerprint density at radius 3 is 2.56 bits per heavy atom. The molecule has 0 aliphatic heterocycles. The molecule has 2 aromatic rings. The molecule has 0 aliphatic rings. The fraction of sp³-hybridized carbons (Fsp3) is 0.167. The van der Waals surface area contributed by atoms with Gasteiger partial charge in [-0.15, -0.1) is 0 Å². The lowest BCUT2D eigenvalue weighted by molar-refractivity contribution is 1.06. The second kappa shape index (κ2) is 4.18. The van der Waals surface area contributed by atoms with Gasteiger partial charge in [0.25, 0.3) is 0 Å². The summed E-state index contributed by atoms with van der Waals surface area (Å²) in [5.74, 6) is 1.86. The lowest BCUT2D eigenvalue weighted by Gasteiger charge is -2.09. The van der Waals surface area contributed by atoms with Crippen LogP contribution in [-0.4, -0.2) is 9.97 Å². The quantitative estimate of drug-likeness (QED) is 0.805. The molecule has 3 N–H and O–H groups in total. The largest absolute Gasteiger partial charge is 0.384 e. The number of benzene rings is 1. The summed E-state index contributed by atoms with van der Waals surface area (Å²) >= 11 is 0. The molecular formula is C12H14N4. The predicted molar refractivity (Wildman–Crippen MR) is 65.6 cm³/mol. The van der Waals surface area contributed by atoms with Gasteiger partial charge in [-0.05, 0) is 25.5 Å². The predicted octanol–water partition coefficient (Wildman–Crippen LogP) is 2.42. The van der Waals surface area contributed by atoms with Crippen LogP contribution < -0.4 is 11.1 Å². The summed E-state index contributed by atoms with van der Waals surface area (Å²) in [6, 6.07) is 9.75. The van der Waals surface area contributed by atoms with Crippen molar-refractivity contribution in [1.82, 2.24) is 9.97 Å². The highest BCUT2D eigenvalue weighted by Crippen LogP contribution is 2.19. The zero-order valence-corrected chi connectivity index (χ0v) is 9.36. The van der Waals surface area contributed by atoms with Crippen LogP contribution in [-0.2, 0) is 0 Å². The van der Waals surface area contributed by atoms with Crippen LogP contribution in [0, 0.1) is 13.8 Å². The molecule has 16 heavy (non-hydrogen) atoms. The highest BCUT2D eigenvalue weighted by molar-refractivity contribution is 5.61. The molecule has 0 saturated carbocycles. The first-order valence-corrected chi connectivity index (χ1v) is 5.09. The normalized spacial score (nSPS) is 10.1. The number of nitrogens with one attached hydrogen (secondary N) is 1. The molecule has 82 valence electrons. The highest BCUT2D eigenvalue weighted by atomic mass is 15.0. The van der Waals surface area contributed by atoms with Gasteiger partial charge in [0, 0.05) is 11.8 Å². The van der Waals surface area contributed by atoms with Crippen LogP contribution in [0.3, 0.4) is 0 Å². The number of para-hydroxylation sites is 1. The molecule has 0 saturated heterocycles. The number of rotatable bonds is 2. The molecule has 0 radical (unpaired) electrons. The molecule has 4 heteroatoms. The van der Waals surface area contributed by atoms with Gasteiger partial charge >= 0.3 is 0 Å². The Bertz CT molecular complexity index is 488. The van der Waals surface area contributed by atoms with Crippen molar-refractivity contribution < 1.29 is 0 Å². The van der Waals surface area contributed by atoms with E-state index in [1.807, 2.05) is 38.1 Å². The van der Waals surface area contributed by atoms with Gasteiger partial charge in [-0.2, -0.15) is 0 Å². The van der Waals surface area contributed by atoms with Crippen molar-refractivity contribution in [2.45, 2.75) is 13.8 Å². The number of nitrogens with zero attached hydrogens (tertiary/aromatic N) is 2. The first kappa shape index (κ1) is 10.4. The Hall–Kier alpha value is -2.10. The number of nitrogens with two attached hydrogens (primary N) is 1. The summed E-state index contributed by atoms with van der Waals surface area (Å²) in [6.07, 6.45) is 0. The fourth-order valence-corrected chi connectivity index (χ4v) is 1.51. The maximum Gasteiger partial charge on any atom is 0.136 e. The van der Waals surface area contributed by atoms with Gasteiger partial charge in [-0.3, -0.25) is 0 Å². The van der Waals surface area contributed by atoms with Gasteiger partial charge in [-0.25, -0.2) is 9.97 Å². The third-order valence-electron chi connectivity index (χ3n) is 2.27. The third-order valence-corrected chi connectivity index (χ3v) is 2.27.